The van der Waals surface area contributed by atoms with Crippen LogP contribution in [0.1, 0.15) is 30.3 Å². The largest absolute Gasteiger partial charge is 0.497 e. The maximum atomic E-state index is 12.3. The molecule has 1 N–H and O–H groups in total. The Kier molecular flexibility index (Phi) is 6.46. The molecule has 27 heavy (non-hydrogen) atoms. The summed E-state index contributed by atoms with van der Waals surface area (Å²) in [6.07, 6.45) is 4.00. The Balaban J connectivity index is 1.48. The number of benzene rings is 1. The number of hydrogen-bond acceptors (Lipinski definition) is 6. The Morgan fingerprint density at radius 2 is 2.04 bits per heavy atom. The molecule has 3 rings (SSSR count). The summed E-state index contributed by atoms with van der Waals surface area (Å²) in [7, 11) is 1.62. The number of rotatable bonds is 7. The fourth-order valence-electron chi connectivity index (χ4n) is 3.09. The predicted octanol–water partition coefficient (Wildman–Crippen LogP) is 2.53. The van der Waals surface area contributed by atoms with Gasteiger partial charge >= 0.3 is 0 Å². The average molecular weight is 370 g/mol. The van der Waals surface area contributed by atoms with Crippen molar-refractivity contribution in [3.63, 3.8) is 0 Å². The standard InChI is InChI=1S/C20H26N4O3/c1-15-4-3-12-24(14-15)20-22-10-9-18(23-20)19(25)21-11-13-27-17-7-5-16(26-2)6-8-17/h5-10,15H,3-4,11-14H2,1-2H3,(H,21,25). The Morgan fingerprint density at radius 1 is 1.26 bits per heavy atom. The minimum absolute atomic E-state index is 0.220. The van der Waals surface area contributed by atoms with Gasteiger partial charge in [-0.1, -0.05) is 6.92 Å². The Morgan fingerprint density at radius 3 is 2.78 bits per heavy atom. The Hall–Kier alpha value is -2.83. The van der Waals surface area contributed by atoms with E-state index in [1.165, 1.54) is 6.42 Å². The Labute approximate surface area is 159 Å². The summed E-state index contributed by atoms with van der Waals surface area (Å²) < 4.78 is 10.7. The molecule has 0 bridgehead atoms. The van der Waals surface area contributed by atoms with Gasteiger partial charge in [0, 0.05) is 19.3 Å². The van der Waals surface area contributed by atoms with Gasteiger partial charge in [-0.25, -0.2) is 9.97 Å². The molecule has 0 spiro atoms. The van der Waals surface area contributed by atoms with Gasteiger partial charge in [0.05, 0.1) is 13.7 Å². The third-order valence-electron chi connectivity index (χ3n) is 4.53. The number of ether oxygens (including phenoxy) is 2. The summed E-state index contributed by atoms with van der Waals surface area (Å²) in [6.45, 7) is 4.86. The van der Waals surface area contributed by atoms with Crippen LogP contribution in [-0.2, 0) is 0 Å². The van der Waals surface area contributed by atoms with Crippen LogP contribution in [0, 0.1) is 5.92 Å². The van der Waals surface area contributed by atoms with Crippen LogP contribution in [0.25, 0.3) is 0 Å². The third-order valence-corrected chi connectivity index (χ3v) is 4.53. The zero-order chi connectivity index (χ0) is 19.1. The second kappa shape index (κ2) is 9.21. The fourth-order valence-corrected chi connectivity index (χ4v) is 3.09. The van der Waals surface area contributed by atoms with Crippen LogP contribution in [0.3, 0.4) is 0 Å². The SMILES string of the molecule is COc1ccc(OCCNC(=O)c2ccnc(N3CCCC(C)C3)n2)cc1. The third kappa shape index (κ3) is 5.32. The van der Waals surface area contributed by atoms with E-state index in [0.29, 0.717) is 30.7 Å². The molecule has 1 amide bonds. The normalized spacial score (nSPS) is 16.7. The van der Waals surface area contributed by atoms with E-state index >= 15 is 0 Å². The van der Waals surface area contributed by atoms with Gasteiger partial charge < -0.3 is 19.7 Å². The summed E-state index contributed by atoms with van der Waals surface area (Å²) >= 11 is 0. The van der Waals surface area contributed by atoms with E-state index < -0.39 is 0 Å². The van der Waals surface area contributed by atoms with Crippen LogP contribution >= 0.6 is 0 Å². The zero-order valence-corrected chi connectivity index (χ0v) is 15.9. The van der Waals surface area contributed by atoms with Gasteiger partial charge in [-0.3, -0.25) is 4.79 Å². The molecule has 1 aliphatic rings. The van der Waals surface area contributed by atoms with Crippen molar-refractivity contribution in [1.82, 2.24) is 15.3 Å². The lowest BCUT2D eigenvalue weighted by molar-refractivity contribution is 0.0942. The molecule has 1 fully saturated rings. The van der Waals surface area contributed by atoms with Crippen molar-refractivity contribution in [3.8, 4) is 11.5 Å². The fraction of sp³-hybridized carbons (Fsp3) is 0.450. The van der Waals surface area contributed by atoms with Crippen LogP contribution in [0.2, 0.25) is 0 Å². The van der Waals surface area contributed by atoms with Gasteiger partial charge in [-0.2, -0.15) is 0 Å². The van der Waals surface area contributed by atoms with Crippen LogP contribution in [0.15, 0.2) is 36.5 Å². The van der Waals surface area contributed by atoms with Crippen LogP contribution in [0.4, 0.5) is 5.95 Å². The molecular weight excluding hydrogens is 344 g/mol. The molecule has 1 saturated heterocycles. The first-order chi connectivity index (χ1) is 13.2. The quantitative estimate of drug-likeness (QED) is 0.755. The van der Waals surface area contributed by atoms with E-state index in [1.54, 1.807) is 19.4 Å². The van der Waals surface area contributed by atoms with Crippen molar-refractivity contribution in [2.24, 2.45) is 5.92 Å². The summed E-state index contributed by atoms with van der Waals surface area (Å²) in [5.74, 6) is 2.53. The lowest BCUT2D eigenvalue weighted by Gasteiger charge is -2.30. The predicted molar refractivity (Wildman–Crippen MR) is 103 cm³/mol. The monoisotopic (exact) mass is 370 g/mol. The highest BCUT2D eigenvalue weighted by Gasteiger charge is 2.19. The molecule has 1 aliphatic heterocycles. The summed E-state index contributed by atoms with van der Waals surface area (Å²) in [5, 5.41) is 2.83. The molecular formula is C20H26N4O3. The number of methoxy groups -OCH3 is 1. The first-order valence-electron chi connectivity index (χ1n) is 9.29. The van der Waals surface area contributed by atoms with Gasteiger partial charge in [0.1, 0.15) is 23.8 Å². The number of carbonyl (C=O) groups is 1. The topological polar surface area (TPSA) is 76.6 Å². The summed E-state index contributed by atoms with van der Waals surface area (Å²) in [4.78, 5) is 23.3. The molecule has 7 nitrogen and oxygen atoms in total. The molecule has 1 aromatic heterocycles. The lowest BCUT2D eigenvalue weighted by atomic mass is 10.0. The maximum Gasteiger partial charge on any atom is 0.270 e. The molecule has 144 valence electrons. The summed E-state index contributed by atoms with van der Waals surface area (Å²) in [5.41, 5.74) is 0.377. The van der Waals surface area contributed by atoms with Crippen LogP contribution < -0.4 is 19.7 Å². The van der Waals surface area contributed by atoms with Gasteiger partial charge in [0.25, 0.3) is 5.91 Å². The van der Waals surface area contributed by atoms with Crippen molar-refractivity contribution in [3.05, 3.63) is 42.2 Å². The van der Waals surface area contributed by atoms with E-state index in [0.717, 1.165) is 31.0 Å². The molecule has 2 heterocycles. The number of nitrogens with one attached hydrogen (secondary N) is 1. The average Bonchev–Trinajstić information content (AvgIpc) is 2.71. The van der Waals surface area contributed by atoms with Crippen molar-refractivity contribution in [1.29, 1.82) is 0 Å². The smallest absolute Gasteiger partial charge is 0.270 e. The maximum absolute atomic E-state index is 12.3. The number of carbonyl (C=O) groups excluding carboxylic acids is 1. The second-order valence-corrected chi connectivity index (χ2v) is 6.72. The van der Waals surface area contributed by atoms with Crippen LogP contribution in [-0.4, -0.2) is 49.2 Å². The first-order valence-corrected chi connectivity index (χ1v) is 9.29. The number of anilines is 1. The van der Waals surface area contributed by atoms with E-state index in [-0.39, 0.29) is 5.91 Å². The number of piperidine rings is 1. The second-order valence-electron chi connectivity index (χ2n) is 6.72. The number of hydrogen-bond donors (Lipinski definition) is 1. The molecule has 0 aliphatic carbocycles. The molecule has 1 atom stereocenters. The molecule has 0 radical (unpaired) electrons. The Bertz CT molecular complexity index is 751. The van der Waals surface area contributed by atoms with E-state index in [9.17, 15) is 4.79 Å². The minimum atomic E-state index is -0.220. The van der Waals surface area contributed by atoms with Gasteiger partial charge in [-0.15, -0.1) is 0 Å². The van der Waals surface area contributed by atoms with Crippen molar-refractivity contribution < 1.29 is 14.3 Å². The van der Waals surface area contributed by atoms with E-state index in [4.69, 9.17) is 9.47 Å². The summed E-state index contributed by atoms with van der Waals surface area (Å²) in [6, 6.07) is 8.96. The highest BCUT2D eigenvalue weighted by atomic mass is 16.5. The van der Waals surface area contributed by atoms with Gasteiger partial charge in [0.15, 0.2) is 0 Å². The van der Waals surface area contributed by atoms with E-state index in [2.05, 4.69) is 27.1 Å². The molecule has 7 heteroatoms. The van der Waals surface area contributed by atoms with Crippen molar-refractivity contribution >= 4 is 11.9 Å². The molecule has 1 aromatic carbocycles. The molecule has 0 saturated carbocycles. The van der Waals surface area contributed by atoms with Crippen LogP contribution in [0.5, 0.6) is 11.5 Å². The number of nitrogens with zero attached hydrogens (tertiary/aromatic N) is 3. The minimum Gasteiger partial charge on any atom is -0.497 e. The van der Waals surface area contributed by atoms with Crippen molar-refractivity contribution in [2.75, 3.05) is 38.3 Å². The number of aromatic nitrogens is 2. The highest BCUT2D eigenvalue weighted by Crippen LogP contribution is 2.19. The zero-order valence-electron chi connectivity index (χ0n) is 15.9. The first kappa shape index (κ1) is 18.9. The lowest BCUT2D eigenvalue weighted by Crippen LogP contribution is -2.36. The van der Waals surface area contributed by atoms with Crippen molar-refractivity contribution in [2.45, 2.75) is 19.8 Å². The van der Waals surface area contributed by atoms with Gasteiger partial charge in [0.2, 0.25) is 5.95 Å². The molecule has 2 aromatic rings. The van der Waals surface area contributed by atoms with E-state index in [1.807, 2.05) is 24.3 Å². The highest BCUT2D eigenvalue weighted by molar-refractivity contribution is 5.92. The number of amides is 1. The molecule has 1 unspecified atom stereocenters. The van der Waals surface area contributed by atoms with Gasteiger partial charge in [-0.05, 0) is 49.1 Å².